The van der Waals surface area contributed by atoms with Crippen LogP contribution in [0, 0.1) is 5.92 Å². The van der Waals surface area contributed by atoms with Crippen molar-refractivity contribution in [2.45, 2.75) is 18.8 Å². The van der Waals surface area contributed by atoms with Gasteiger partial charge in [-0.1, -0.05) is 30.3 Å². The molecule has 4 nitrogen and oxygen atoms in total. The number of aliphatic hydroxyl groups is 1. The number of aliphatic hydroxyl groups excluding tert-OH is 1. The molecule has 0 saturated carbocycles. The summed E-state index contributed by atoms with van der Waals surface area (Å²) in [6.07, 6.45) is 1.59. The molecular formula is C15H23ClN2O2. The first kappa shape index (κ1) is 17.0. The third-order valence-electron chi connectivity index (χ3n) is 3.70. The van der Waals surface area contributed by atoms with Crippen molar-refractivity contribution in [2.75, 3.05) is 26.2 Å². The van der Waals surface area contributed by atoms with Crippen LogP contribution < -0.4 is 10.6 Å². The summed E-state index contributed by atoms with van der Waals surface area (Å²) in [5.74, 6) is 0.416. The van der Waals surface area contributed by atoms with E-state index in [0.29, 0.717) is 13.0 Å². The van der Waals surface area contributed by atoms with Crippen molar-refractivity contribution in [1.29, 1.82) is 0 Å². The molecule has 2 unspecified atom stereocenters. The van der Waals surface area contributed by atoms with E-state index >= 15 is 0 Å². The lowest BCUT2D eigenvalue weighted by Crippen LogP contribution is -2.35. The summed E-state index contributed by atoms with van der Waals surface area (Å²) < 4.78 is 0. The minimum absolute atomic E-state index is 0. The smallest absolute Gasteiger partial charge is 0.224 e. The van der Waals surface area contributed by atoms with E-state index < -0.39 is 0 Å². The zero-order valence-electron chi connectivity index (χ0n) is 11.5. The van der Waals surface area contributed by atoms with Crippen LogP contribution in [-0.2, 0) is 4.79 Å². The lowest BCUT2D eigenvalue weighted by molar-refractivity contribution is -0.124. The third kappa shape index (κ3) is 4.78. The monoisotopic (exact) mass is 298 g/mol. The molecule has 1 aliphatic heterocycles. The molecular weight excluding hydrogens is 276 g/mol. The summed E-state index contributed by atoms with van der Waals surface area (Å²) in [4.78, 5) is 12.0. The van der Waals surface area contributed by atoms with Gasteiger partial charge in [-0.25, -0.2) is 0 Å². The van der Waals surface area contributed by atoms with Crippen molar-refractivity contribution in [2.24, 2.45) is 5.92 Å². The molecule has 1 fully saturated rings. The van der Waals surface area contributed by atoms with Gasteiger partial charge in [0, 0.05) is 25.6 Å². The van der Waals surface area contributed by atoms with E-state index in [-0.39, 0.29) is 36.8 Å². The molecule has 2 atom stereocenters. The highest BCUT2D eigenvalue weighted by molar-refractivity contribution is 5.85. The first-order valence-corrected chi connectivity index (χ1v) is 6.95. The fourth-order valence-electron chi connectivity index (χ4n) is 2.51. The fraction of sp³-hybridized carbons (Fsp3) is 0.533. The molecule has 0 aliphatic carbocycles. The van der Waals surface area contributed by atoms with Gasteiger partial charge in [-0.3, -0.25) is 4.79 Å². The summed E-state index contributed by atoms with van der Waals surface area (Å²) in [7, 11) is 0. The largest absolute Gasteiger partial charge is 0.396 e. The highest BCUT2D eigenvalue weighted by Gasteiger charge is 2.23. The van der Waals surface area contributed by atoms with Gasteiger partial charge in [0.2, 0.25) is 5.91 Å². The number of halogens is 1. The van der Waals surface area contributed by atoms with Crippen molar-refractivity contribution >= 4 is 18.3 Å². The molecule has 0 radical (unpaired) electrons. The second-order valence-electron chi connectivity index (χ2n) is 5.05. The maximum atomic E-state index is 12.0. The predicted molar refractivity (Wildman–Crippen MR) is 82.1 cm³/mol. The molecule has 0 spiro atoms. The maximum Gasteiger partial charge on any atom is 0.224 e. The molecule has 20 heavy (non-hydrogen) atoms. The highest BCUT2D eigenvalue weighted by Crippen LogP contribution is 2.18. The van der Waals surface area contributed by atoms with E-state index in [9.17, 15) is 4.79 Å². The number of hydrogen-bond donors (Lipinski definition) is 3. The number of benzene rings is 1. The molecule has 3 N–H and O–H groups in total. The van der Waals surface area contributed by atoms with Crippen molar-refractivity contribution in [1.82, 2.24) is 10.6 Å². The fourth-order valence-corrected chi connectivity index (χ4v) is 2.51. The van der Waals surface area contributed by atoms with E-state index in [1.54, 1.807) is 0 Å². The maximum absolute atomic E-state index is 12.0. The first-order valence-electron chi connectivity index (χ1n) is 6.95. The molecule has 112 valence electrons. The van der Waals surface area contributed by atoms with Crippen LogP contribution >= 0.6 is 12.4 Å². The molecule has 0 aromatic heterocycles. The van der Waals surface area contributed by atoms with Crippen LogP contribution in [0.4, 0.5) is 0 Å². The number of carbonyl (C=O) groups excluding carboxylic acids is 1. The van der Waals surface area contributed by atoms with Crippen LogP contribution in [-0.4, -0.2) is 37.3 Å². The lowest BCUT2D eigenvalue weighted by Gasteiger charge is -2.18. The van der Waals surface area contributed by atoms with Crippen LogP contribution in [0.15, 0.2) is 30.3 Å². The SMILES string of the molecule is Cl.O=C(NCC(CCO)c1ccccc1)C1CCNC1. The van der Waals surface area contributed by atoms with Crippen LogP contribution in [0.5, 0.6) is 0 Å². The Labute approximate surface area is 126 Å². The second-order valence-corrected chi connectivity index (χ2v) is 5.05. The number of amides is 1. The molecule has 2 rings (SSSR count). The van der Waals surface area contributed by atoms with Gasteiger partial charge >= 0.3 is 0 Å². The first-order chi connectivity index (χ1) is 9.31. The Hall–Kier alpha value is -1.10. The quantitative estimate of drug-likeness (QED) is 0.742. The Kier molecular flexibility index (Phi) is 7.59. The summed E-state index contributed by atoms with van der Waals surface area (Å²) in [6.45, 7) is 2.44. The molecule has 1 heterocycles. The molecule has 5 heteroatoms. The summed E-state index contributed by atoms with van der Waals surface area (Å²) in [5.41, 5.74) is 1.17. The Morgan fingerprint density at radius 1 is 1.40 bits per heavy atom. The van der Waals surface area contributed by atoms with E-state index in [0.717, 1.165) is 19.5 Å². The van der Waals surface area contributed by atoms with Crippen molar-refractivity contribution in [3.05, 3.63) is 35.9 Å². The molecule has 1 amide bonds. The Morgan fingerprint density at radius 3 is 2.75 bits per heavy atom. The van der Waals surface area contributed by atoms with Crippen molar-refractivity contribution in [3.8, 4) is 0 Å². The van der Waals surface area contributed by atoms with E-state index in [4.69, 9.17) is 5.11 Å². The number of rotatable bonds is 6. The average Bonchev–Trinajstić information content (AvgIpc) is 2.98. The number of nitrogens with one attached hydrogen (secondary N) is 2. The second kappa shape index (κ2) is 8.95. The minimum atomic E-state index is 0. The Morgan fingerprint density at radius 2 is 2.15 bits per heavy atom. The van der Waals surface area contributed by atoms with E-state index in [2.05, 4.69) is 10.6 Å². The average molecular weight is 299 g/mol. The summed E-state index contributed by atoms with van der Waals surface area (Å²) in [5, 5.41) is 15.4. The molecule has 1 aromatic carbocycles. The van der Waals surface area contributed by atoms with Gasteiger partial charge in [0.15, 0.2) is 0 Å². The minimum Gasteiger partial charge on any atom is -0.396 e. The normalized spacial score (nSPS) is 19.1. The number of hydrogen-bond acceptors (Lipinski definition) is 3. The summed E-state index contributed by atoms with van der Waals surface area (Å²) >= 11 is 0. The highest BCUT2D eigenvalue weighted by atomic mass is 35.5. The van der Waals surface area contributed by atoms with E-state index in [1.165, 1.54) is 5.56 Å². The van der Waals surface area contributed by atoms with Gasteiger partial charge in [-0.15, -0.1) is 12.4 Å². The van der Waals surface area contributed by atoms with Crippen molar-refractivity contribution < 1.29 is 9.90 Å². The Balaban J connectivity index is 0.00000200. The molecule has 1 aromatic rings. The van der Waals surface area contributed by atoms with Crippen LogP contribution in [0.2, 0.25) is 0 Å². The van der Waals surface area contributed by atoms with E-state index in [1.807, 2.05) is 30.3 Å². The molecule has 1 aliphatic rings. The third-order valence-corrected chi connectivity index (χ3v) is 3.70. The van der Waals surface area contributed by atoms with Gasteiger partial charge in [0.25, 0.3) is 0 Å². The van der Waals surface area contributed by atoms with Crippen LogP contribution in [0.25, 0.3) is 0 Å². The van der Waals surface area contributed by atoms with Gasteiger partial charge < -0.3 is 15.7 Å². The van der Waals surface area contributed by atoms with Gasteiger partial charge in [-0.2, -0.15) is 0 Å². The standard InChI is InChI=1S/C15H22N2O2.ClH/c18-9-7-13(12-4-2-1-3-5-12)11-17-15(19)14-6-8-16-10-14;/h1-5,13-14,16,18H,6-11H2,(H,17,19);1H. The lowest BCUT2D eigenvalue weighted by atomic mass is 9.95. The van der Waals surface area contributed by atoms with Gasteiger partial charge in [0.1, 0.15) is 0 Å². The van der Waals surface area contributed by atoms with Crippen LogP contribution in [0.1, 0.15) is 24.3 Å². The predicted octanol–water partition coefficient (Wildman–Crippen LogP) is 1.30. The molecule has 1 saturated heterocycles. The Bertz CT molecular complexity index is 394. The topological polar surface area (TPSA) is 61.4 Å². The zero-order chi connectivity index (χ0) is 13.5. The number of carbonyl (C=O) groups is 1. The van der Waals surface area contributed by atoms with Crippen LogP contribution in [0.3, 0.4) is 0 Å². The van der Waals surface area contributed by atoms with Crippen molar-refractivity contribution in [3.63, 3.8) is 0 Å². The van der Waals surface area contributed by atoms with Gasteiger partial charge in [-0.05, 0) is 24.9 Å². The summed E-state index contributed by atoms with van der Waals surface area (Å²) in [6, 6.07) is 10.0. The zero-order valence-corrected chi connectivity index (χ0v) is 12.4. The van der Waals surface area contributed by atoms with Gasteiger partial charge in [0.05, 0.1) is 5.92 Å². The molecule has 0 bridgehead atoms.